The van der Waals surface area contributed by atoms with E-state index in [1.807, 2.05) is 30.5 Å². The van der Waals surface area contributed by atoms with E-state index in [4.69, 9.17) is 0 Å². The van der Waals surface area contributed by atoms with Gasteiger partial charge in [-0.05, 0) is 35.7 Å². The molecular formula is C24H26N2S. The summed E-state index contributed by atoms with van der Waals surface area (Å²) >= 11 is 1.79. The monoisotopic (exact) mass is 374 g/mol. The molecule has 0 aliphatic carbocycles. The highest BCUT2D eigenvalue weighted by molar-refractivity contribution is 7.18. The molecule has 0 aliphatic heterocycles. The van der Waals surface area contributed by atoms with Gasteiger partial charge in [-0.1, -0.05) is 70.2 Å². The maximum Gasteiger partial charge on any atom is 0.0963 e. The summed E-state index contributed by atoms with van der Waals surface area (Å²) in [6, 6.07) is 22.9. The smallest absolute Gasteiger partial charge is 0.0963 e. The number of thiazole rings is 1. The zero-order chi connectivity index (χ0) is 19.2. The molecule has 2 aromatic heterocycles. The highest BCUT2D eigenvalue weighted by Gasteiger charge is 2.05. The molecule has 2 aromatic carbocycles. The molecule has 138 valence electrons. The van der Waals surface area contributed by atoms with Crippen LogP contribution in [0.2, 0.25) is 0 Å². The zero-order valence-electron chi connectivity index (χ0n) is 16.4. The first-order valence-electron chi connectivity index (χ1n) is 9.41. The lowest BCUT2D eigenvalue weighted by molar-refractivity contribution is 0.857. The van der Waals surface area contributed by atoms with Crippen molar-refractivity contribution in [2.24, 2.45) is 0 Å². The van der Waals surface area contributed by atoms with Crippen molar-refractivity contribution >= 4 is 21.6 Å². The SMILES string of the molecule is CC(C)c1ccc(-c2ccccn2)cc1.CC(C)c1nc2ccccc2s1. The number of nitrogens with zero attached hydrogens (tertiary/aromatic N) is 2. The maximum absolute atomic E-state index is 4.53. The van der Waals surface area contributed by atoms with Crippen molar-refractivity contribution in [3.8, 4) is 11.3 Å². The molecule has 4 rings (SSSR count). The molecule has 0 amide bonds. The number of rotatable bonds is 3. The van der Waals surface area contributed by atoms with Crippen LogP contribution in [-0.4, -0.2) is 9.97 Å². The Bertz CT molecular complexity index is 937. The van der Waals surface area contributed by atoms with E-state index in [2.05, 4.69) is 80.1 Å². The summed E-state index contributed by atoms with van der Waals surface area (Å²) in [7, 11) is 0. The van der Waals surface area contributed by atoms with Crippen LogP contribution in [0.15, 0.2) is 72.9 Å². The largest absolute Gasteiger partial charge is 0.256 e. The number of hydrogen-bond acceptors (Lipinski definition) is 3. The number of hydrogen-bond donors (Lipinski definition) is 0. The van der Waals surface area contributed by atoms with Gasteiger partial charge in [-0.15, -0.1) is 11.3 Å². The normalized spacial score (nSPS) is 10.9. The second kappa shape index (κ2) is 8.92. The van der Waals surface area contributed by atoms with E-state index in [0.29, 0.717) is 11.8 Å². The third-order valence-corrected chi connectivity index (χ3v) is 5.68. The van der Waals surface area contributed by atoms with Gasteiger partial charge in [0.1, 0.15) is 0 Å². The lowest BCUT2D eigenvalue weighted by Crippen LogP contribution is -1.87. The van der Waals surface area contributed by atoms with Gasteiger partial charge in [0.25, 0.3) is 0 Å². The van der Waals surface area contributed by atoms with E-state index in [1.165, 1.54) is 20.8 Å². The molecule has 4 aromatic rings. The first-order chi connectivity index (χ1) is 13.0. The molecular weight excluding hydrogens is 348 g/mol. The van der Waals surface area contributed by atoms with Gasteiger partial charge in [-0.3, -0.25) is 4.98 Å². The summed E-state index contributed by atoms with van der Waals surface area (Å²) in [5.74, 6) is 1.13. The molecule has 0 atom stereocenters. The molecule has 0 fully saturated rings. The molecule has 0 spiro atoms. The fraction of sp³-hybridized carbons (Fsp3) is 0.250. The molecule has 0 radical (unpaired) electrons. The Morgan fingerprint density at radius 2 is 1.44 bits per heavy atom. The van der Waals surface area contributed by atoms with Crippen molar-refractivity contribution in [1.82, 2.24) is 9.97 Å². The van der Waals surface area contributed by atoms with E-state index in [-0.39, 0.29) is 0 Å². The number of para-hydroxylation sites is 1. The van der Waals surface area contributed by atoms with Gasteiger partial charge >= 0.3 is 0 Å². The molecule has 3 heteroatoms. The van der Waals surface area contributed by atoms with Crippen LogP contribution in [0.3, 0.4) is 0 Å². The Hall–Kier alpha value is -2.52. The van der Waals surface area contributed by atoms with Gasteiger partial charge < -0.3 is 0 Å². The summed E-state index contributed by atoms with van der Waals surface area (Å²) < 4.78 is 1.29. The van der Waals surface area contributed by atoms with Crippen LogP contribution in [0.5, 0.6) is 0 Å². The van der Waals surface area contributed by atoms with E-state index in [1.54, 1.807) is 11.3 Å². The third kappa shape index (κ3) is 5.01. The fourth-order valence-corrected chi connectivity index (χ4v) is 3.68. The third-order valence-electron chi connectivity index (χ3n) is 4.34. The van der Waals surface area contributed by atoms with Crippen LogP contribution in [0.25, 0.3) is 21.5 Å². The Morgan fingerprint density at radius 1 is 0.741 bits per heavy atom. The van der Waals surface area contributed by atoms with E-state index >= 15 is 0 Å². The van der Waals surface area contributed by atoms with E-state index in [9.17, 15) is 0 Å². The fourth-order valence-electron chi connectivity index (χ4n) is 2.71. The van der Waals surface area contributed by atoms with E-state index < -0.39 is 0 Å². The van der Waals surface area contributed by atoms with Gasteiger partial charge in [0, 0.05) is 17.7 Å². The van der Waals surface area contributed by atoms with Crippen LogP contribution < -0.4 is 0 Å². The quantitative estimate of drug-likeness (QED) is 0.376. The molecule has 27 heavy (non-hydrogen) atoms. The van der Waals surface area contributed by atoms with E-state index in [0.717, 1.165) is 11.2 Å². The molecule has 0 aliphatic rings. The van der Waals surface area contributed by atoms with Gasteiger partial charge in [-0.25, -0.2) is 4.98 Å². The Morgan fingerprint density at radius 3 is 2.04 bits per heavy atom. The molecule has 0 unspecified atom stereocenters. The summed E-state index contributed by atoms with van der Waals surface area (Å²) in [6.45, 7) is 8.76. The van der Waals surface area contributed by atoms with Gasteiger partial charge in [0.15, 0.2) is 0 Å². The lowest BCUT2D eigenvalue weighted by atomic mass is 10.0. The van der Waals surface area contributed by atoms with Crippen molar-refractivity contribution in [1.29, 1.82) is 0 Å². The number of pyridine rings is 1. The van der Waals surface area contributed by atoms with Crippen molar-refractivity contribution in [3.05, 3.63) is 83.5 Å². The second-order valence-electron chi connectivity index (χ2n) is 7.17. The Kier molecular flexibility index (Phi) is 6.36. The standard InChI is InChI=1S/C14H15N.C10H11NS/c1-11(2)12-6-8-13(9-7-12)14-5-3-4-10-15-14;1-7(2)10-11-8-5-3-4-6-9(8)12-10/h3-11H,1-2H3;3-7H,1-2H3. The first-order valence-corrected chi connectivity index (χ1v) is 10.2. The van der Waals surface area contributed by atoms with Gasteiger partial charge in [-0.2, -0.15) is 0 Å². The molecule has 2 heterocycles. The minimum absolute atomic E-state index is 0.544. The molecule has 0 saturated carbocycles. The summed E-state index contributed by atoms with van der Waals surface area (Å²) in [5.41, 5.74) is 4.72. The average Bonchev–Trinajstić information content (AvgIpc) is 3.14. The van der Waals surface area contributed by atoms with Gasteiger partial charge in [0.2, 0.25) is 0 Å². The molecule has 0 saturated heterocycles. The second-order valence-corrected chi connectivity index (χ2v) is 8.23. The van der Waals surface area contributed by atoms with Crippen molar-refractivity contribution in [2.45, 2.75) is 39.5 Å². The number of aromatic nitrogens is 2. The first kappa shape index (κ1) is 19.2. The predicted molar refractivity (Wildman–Crippen MR) is 117 cm³/mol. The molecule has 0 bridgehead atoms. The molecule has 0 N–H and O–H groups in total. The minimum atomic E-state index is 0.544. The summed E-state index contributed by atoms with van der Waals surface area (Å²) in [6.07, 6.45) is 1.83. The highest BCUT2D eigenvalue weighted by atomic mass is 32.1. The zero-order valence-corrected chi connectivity index (χ0v) is 17.2. The Balaban J connectivity index is 0.000000159. The van der Waals surface area contributed by atoms with Crippen LogP contribution in [0.4, 0.5) is 0 Å². The topological polar surface area (TPSA) is 25.8 Å². The van der Waals surface area contributed by atoms with Crippen LogP contribution in [0, 0.1) is 0 Å². The summed E-state index contributed by atoms with van der Waals surface area (Å²) in [4.78, 5) is 8.85. The predicted octanol–water partition coefficient (Wildman–Crippen LogP) is 7.29. The maximum atomic E-state index is 4.53. The minimum Gasteiger partial charge on any atom is -0.256 e. The average molecular weight is 375 g/mol. The Labute approximate surface area is 166 Å². The highest BCUT2D eigenvalue weighted by Crippen LogP contribution is 2.26. The van der Waals surface area contributed by atoms with Crippen molar-refractivity contribution in [3.63, 3.8) is 0 Å². The number of fused-ring (bicyclic) bond motifs is 1. The van der Waals surface area contributed by atoms with Crippen LogP contribution in [-0.2, 0) is 0 Å². The number of benzene rings is 2. The van der Waals surface area contributed by atoms with Crippen molar-refractivity contribution in [2.75, 3.05) is 0 Å². The molecule has 2 nitrogen and oxygen atoms in total. The summed E-state index contributed by atoms with van der Waals surface area (Å²) in [5, 5.41) is 1.23. The van der Waals surface area contributed by atoms with Crippen LogP contribution >= 0.6 is 11.3 Å². The van der Waals surface area contributed by atoms with Crippen molar-refractivity contribution < 1.29 is 0 Å². The van der Waals surface area contributed by atoms with Gasteiger partial charge in [0.05, 0.1) is 20.9 Å². The van der Waals surface area contributed by atoms with Crippen LogP contribution in [0.1, 0.15) is 50.1 Å². The lowest BCUT2D eigenvalue weighted by Gasteiger charge is -2.06.